The van der Waals surface area contributed by atoms with Gasteiger partial charge < -0.3 is 11.1 Å². The van der Waals surface area contributed by atoms with Crippen LogP contribution in [-0.2, 0) is 16.1 Å². The first-order valence-electron chi connectivity index (χ1n) is 4.39. The van der Waals surface area contributed by atoms with E-state index in [1.807, 2.05) is 0 Å². The third kappa shape index (κ3) is 3.47. The first-order chi connectivity index (χ1) is 7.13. The smallest absolute Gasteiger partial charge is 0.289 e. The fourth-order valence-corrected chi connectivity index (χ4v) is 0.976. The van der Waals surface area contributed by atoms with Gasteiger partial charge in [-0.3, -0.25) is 9.59 Å². The summed E-state index contributed by atoms with van der Waals surface area (Å²) in [5.74, 6) is -1.73. The van der Waals surface area contributed by atoms with E-state index in [2.05, 4.69) is 5.32 Å². The van der Waals surface area contributed by atoms with Crippen molar-refractivity contribution in [3.63, 3.8) is 0 Å². The zero-order chi connectivity index (χ0) is 11.3. The number of benzene rings is 1. The van der Waals surface area contributed by atoms with Crippen LogP contribution in [0.1, 0.15) is 5.56 Å². The molecule has 4 nitrogen and oxygen atoms in total. The summed E-state index contributed by atoms with van der Waals surface area (Å²) in [5.41, 5.74) is 5.72. The number of carbonyl (C=O) groups is 2. The van der Waals surface area contributed by atoms with Crippen molar-refractivity contribution in [2.75, 3.05) is 6.54 Å². The lowest BCUT2D eigenvalue weighted by atomic mass is 10.2. The Labute approximate surface area is 86.3 Å². The Morgan fingerprint density at radius 1 is 1.27 bits per heavy atom. The molecule has 0 spiro atoms. The van der Waals surface area contributed by atoms with Crippen LogP contribution in [0.4, 0.5) is 4.39 Å². The number of halogens is 1. The maximum atomic E-state index is 12.5. The average Bonchev–Trinajstić information content (AvgIpc) is 2.26. The van der Waals surface area contributed by atoms with Crippen LogP contribution in [0.5, 0.6) is 0 Å². The zero-order valence-electron chi connectivity index (χ0n) is 8.00. The lowest BCUT2D eigenvalue weighted by Crippen LogP contribution is -2.34. The molecule has 3 N–H and O–H groups in total. The second-order valence-corrected chi connectivity index (χ2v) is 2.94. The van der Waals surface area contributed by atoms with Gasteiger partial charge >= 0.3 is 0 Å². The topological polar surface area (TPSA) is 72.2 Å². The van der Waals surface area contributed by atoms with Gasteiger partial charge in [-0.1, -0.05) is 12.1 Å². The highest BCUT2D eigenvalue weighted by molar-refractivity contribution is 6.36. The van der Waals surface area contributed by atoms with Gasteiger partial charge in [0.25, 0.3) is 5.91 Å². The summed E-state index contributed by atoms with van der Waals surface area (Å²) < 4.78 is 12.5. The molecule has 0 heterocycles. The predicted molar refractivity (Wildman–Crippen MR) is 52.3 cm³/mol. The van der Waals surface area contributed by atoms with Crippen LogP contribution in [0.2, 0.25) is 0 Å². The first kappa shape index (κ1) is 11.3. The van der Waals surface area contributed by atoms with E-state index in [1.165, 1.54) is 24.3 Å². The molecule has 0 aliphatic rings. The van der Waals surface area contributed by atoms with E-state index >= 15 is 0 Å². The van der Waals surface area contributed by atoms with Gasteiger partial charge in [-0.25, -0.2) is 4.39 Å². The van der Waals surface area contributed by atoms with Crippen LogP contribution >= 0.6 is 0 Å². The molecule has 1 rings (SSSR count). The molecule has 0 fully saturated rings. The molecule has 0 aliphatic heterocycles. The molecule has 0 saturated carbocycles. The molecular weight excluding hydrogens is 199 g/mol. The van der Waals surface area contributed by atoms with E-state index in [-0.39, 0.29) is 18.9 Å². The standard InChI is InChI=1S/C10H11FN2O2/c11-8-3-1-7(2-4-8)6-13-10(15)9(14)5-12/h1-4H,5-6,12H2,(H,13,15). The van der Waals surface area contributed by atoms with Crippen molar-refractivity contribution in [2.24, 2.45) is 5.73 Å². The molecule has 0 bridgehead atoms. The minimum atomic E-state index is -0.721. The number of nitrogens with two attached hydrogens (primary N) is 1. The number of amides is 1. The van der Waals surface area contributed by atoms with Crippen LogP contribution in [0.15, 0.2) is 24.3 Å². The number of nitrogens with one attached hydrogen (secondary N) is 1. The Bertz CT molecular complexity index is 362. The summed E-state index contributed by atoms with van der Waals surface area (Å²) in [5, 5.41) is 2.38. The minimum absolute atomic E-state index is 0.185. The van der Waals surface area contributed by atoms with Gasteiger partial charge in [-0.15, -0.1) is 0 Å². The van der Waals surface area contributed by atoms with E-state index in [0.29, 0.717) is 0 Å². The molecule has 0 aromatic heterocycles. The molecule has 0 unspecified atom stereocenters. The molecule has 0 saturated heterocycles. The van der Waals surface area contributed by atoms with Crippen LogP contribution in [-0.4, -0.2) is 18.2 Å². The van der Waals surface area contributed by atoms with E-state index in [4.69, 9.17) is 5.73 Å². The summed E-state index contributed by atoms with van der Waals surface area (Å²) >= 11 is 0. The highest BCUT2D eigenvalue weighted by Crippen LogP contribution is 2.01. The number of hydrogen-bond donors (Lipinski definition) is 2. The summed E-state index contributed by atoms with van der Waals surface area (Å²) in [6.45, 7) is -0.125. The third-order valence-electron chi connectivity index (χ3n) is 1.80. The fraction of sp³-hybridized carbons (Fsp3) is 0.200. The molecular formula is C10H11FN2O2. The molecule has 0 aliphatic carbocycles. The van der Waals surface area contributed by atoms with E-state index < -0.39 is 11.7 Å². The van der Waals surface area contributed by atoms with Gasteiger partial charge in [0.1, 0.15) is 5.82 Å². The van der Waals surface area contributed by atoms with Crippen molar-refractivity contribution in [1.82, 2.24) is 5.32 Å². The Morgan fingerprint density at radius 3 is 2.40 bits per heavy atom. The number of Topliss-reactive ketones (excluding diaryl/α,β-unsaturated/α-hetero) is 1. The number of ketones is 1. The number of carbonyl (C=O) groups excluding carboxylic acids is 2. The van der Waals surface area contributed by atoms with Gasteiger partial charge in [0, 0.05) is 6.54 Å². The van der Waals surface area contributed by atoms with Crippen molar-refractivity contribution in [3.05, 3.63) is 35.6 Å². The van der Waals surface area contributed by atoms with Gasteiger partial charge in [0.15, 0.2) is 0 Å². The van der Waals surface area contributed by atoms with Gasteiger partial charge in [-0.2, -0.15) is 0 Å². The molecule has 1 aromatic carbocycles. The minimum Gasteiger partial charge on any atom is -0.345 e. The molecule has 15 heavy (non-hydrogen) atoms. The first-order valence-corrected chi connectivity index (χ1v) is 4.39. The SMILES string of the molecule is NCC(=O)C(=O)NCc1ccc(F)cc1. The fourth-order valence-electron chi connectivity index (χ4n) is 0.976. The van der Waals surface area contributed by atoms with Crippen molar-refractivity contribution in [3.8, 4) is 0 Å². The molecule has 0 radical (unpaired) electrons. The van der Waals surface area contributed by atoms with E-state index in [9.17, 15) is 14.0 Å². The molecule has 1 aromatic rings. The summed E-state index contributed by atoms with van der Waals surface area (Å²) in [6, 6.07) is 5.63. The molecule has 0 atom stereocenters. The zero-order valence-corrected chi connectivity index (χ0v) is 8.00. The van der Waals surface area contributed by atoms with Crippen molar-refractivity contribution < 1.29 is 14.0 Å². The Balaban J connectivity index is 2.47. The van der Waals surface area contributed by atoms with Crippen LogP contribution in [0.3, 0.4) is 0 Å². The highest BCUT2D eigenvalue weighted by atomic mass is 19.1. The van der Waals surface area contributed by atoms with Crippen LogP contribution in [0, 0.1) is 5.82 Å². The Hall–Kier alpha value is -1.75. The van der Waals surface area contributed by atoms with E-state index in [0.717, 1.165) is 5.56 Å². The van der Waals surface area contributed by atoms with Gasteiger partial charge in [0.2, 0.25) is 5.78 Å². The summed E-state index contributed by atoms with van der Waals surface area (Å²) in [6.07, 6.45) is 0. The largest absolute Gasteiger partial charge is 0.345 e. The normalized spacial score (nSPS) is 9.73. The Morgan fingerprint density at radius 2 is 1.87 bits per heavy atom. The quantitative estimate of drug-likeness (QED) is 0.685. The average molecular weight is 210 g/mol. The number of rotatable bonds is 4. The highest BCUT2D eigenvalue weighted by Gasteiger charge is 2.09. The number of hydrogen-bond acceptors (Lipinski definition) is 3. The van der Waals surface area contributed by atoms with Crippen molar-refractivity contribution in [1.29, 1.82) is 0 Å². The van der Waals surface area contributed by atoms with Crippen LogP contribution < -0.4 is 11.1 Å². The van der Waals surface area contributed by atoms with Crippen molar-refractivity contribution in [2.45, 2.75) is 6.54 Å². The monoisotopic (exact) mass is 210 g/mol. The summed E-state index contributed by atoms with van der Waals surface area (Å²) in [4.78, 5) is 21.8. The molecule has 80 valence electrons. The lowest BCUT2D eigenvalue weighted by Gasteiger charge is -2.03. The molecule has 1 amide bonds. The maximum absolute atomic E-state index is 12.5. The van der Waals surface area contributed by atoms with E-state index in [1.54, 1.807) is 0 Å². The lowest BCUT2D eigenvalue weighted by molar-refractivity contribution is -0.137. The second-order valence-electron chi connectivity index (χ2n) is 2.94. The third-order valence-corrected chi connectivity index (χ3v) is 1.80. The Kier molecular flexibility index (Phi) is 3.93. The summed E-state index contributed by atoms with van der Waals surface area (Å²) in [7, 11) is 0. The van der Waals surface area contributed by atoms with Crippen LogP contribution in [0.25, 0.3) is 0 Å². The maximum Gasteiger partial charge on any atom is 0.289 e. The predicted octanol–water partition coefficient (Wildman–Crippen LogP) is -0.0303. The van der Waals surface area contributed by atoms with Crippen molar-refractivity contribution >= 4 is 11.7 Å². The van der Waals surface area contributed by atoms with Gasteiger partial charge in [-0.05, 0) is 17.7 Å². The molecule has 5 heteroatoms. The second kappa shape index (κ2) is 5.21. The van der Waals surface area contributed by atoms with Gasteiger partial charge in [0.05, 0.1) is 6.54 Å².